The first kappa shape index (κ1) is 22.3. The van der Waals surface area contributed by atoms with Gasteiger partial charge in [0.25, 0.3) is 5.69 Å². The maximum absolute atomic E-state index is 12.8. The van der Waals surface area contributed by atoms with Gasteiger partial charge in [-0.05, 0) is 56.3 Å². The molecule has 0 saturated carbocycles. The number of ether oxygens (including phenoxy) is 1. The molecule has 0 spiro atoms. The van der Waals surface area contributed by atoms with Crippen molar-refractivity contribution >= 4 is 40.1 Å². The first-order valence-electron chi connectivity index (χ1n) is 10.4. The summed E-state index contributed by atoms with van der Waals surface area (Å²) in [4.78, 5) is 28.1. The number of nitrogens with one attached hydrogen (secondary N) is 1. The summed E-state index contributed by atoms with van der Waals surface area (Å²) < 4.78 is 7.55. The third-order valence-electron chi connectivity index (χ3n) is 4.91. The number of benzene rings is 3. The number of amides is 1. The number of non-ortho nitro benzene ring substituents is 1. The molecule has 168 valence electrons. The van der Waals surface area contributed by atoms with E-state index in [0.29, 0.717) is 17.5 Å². The van der Waals surface area contributed by atoms with Gasteiger partial charge >= 0.3 is 0 Å². The van der Waals surface area contributed by atoms with Crippen LogP contribution in [0.25, 0.3) is 16.7 Å². The number of nitro benzene ring substituents is 1. The van der Waals surface area contributed by atoms with Crippen LogP contribution in [0, 0.1) is 10.1 Å². The van der Waals surface area contributed by atoms with Gasteiger partial charge in [-0.3, -0.25) is 19.5 Å². The number of nitro groups is 1. The van der Waals surface area contributed by atoms with E-state index in [-0.39, 0.29) is 11.6 Å². The zero-order valence-corrected chi connectivity index (χ0v) is 18.9. The Balaban J connectivity index is 1.60. The number of hydrogen-bond donors (Lipinski definition) is 1. The maximum atomic E-state index is 12.8. The first-order chi connectivity index (χ1) is 16.0. The van der Waals surface area contributed by atoms with Crippen LogP contribution in [-0.2, 0) is 4.79 Å². The summed E-state index contributed by atoms with van der Waals surface area (Å²) >= 11 is 1.32. The molecule has 1 heterocycles. The summed E-state index contributed by atoms with van der Waals surface area (Å²) in [6.07, 6.45) is 0. The lowest BCUT2D eigenvalue weighted by Crippen LogP contribution is -2.22. The van der Waals surface area contributed by atoms with Crippen molar-refractivity contribution in [2.75, 3.05) is 11.9 Å². The molecule has 0 radical (unpaired) electrons. The smallest absolute Gasteiger partial charge is 0.271 e. The van der Waals surface area contributed by atoms with Gasteiger partial charge in [-0.25, -0.2) is 4.98 Å². The van der Waals surface area contributed by atoms with Crippen LogP contribution in [0.5, 0.6) is 5.75 Å². The van der Waals surface area contributed by atoms with E-state index in [1.165, 1.54) is 30.0 Å². The largest absolute Gasteiger partial charge is 0.494 e. The summed E-state index contributed by atoms with van der Waals surface area (Å²) in [5.74, 6) is 0.510. The highest BCUT2D eigenvalue weighted by Gasteiger charge is 2.21. The van der Waals surface area contributed by atoms with Crippen molar-refractivity contribution in [3.63, 3.8) is 0 Å². The minimum absolute atomic E-state index is 0.0783. The van der Waals surface area contributed by atoms with Crippen LogP contribution in [-0.4, -0.2) is 32.2 Å². The first-order valence-corrected chi connectivity index (χ1v) is 11.3. The Morgan fingerprint density at radius 1 is 1.15 bits per heavy atom. The summed E-state index contributed by atoms with van der Waals surface area (Å²) in [7, 11) is 0. The quantitative estimate of drug-likeness (QED) is 0.212. The molecule has 1 amide bonds. The molecule has 0 fully saturated rings. The molecule has 0 bridgehead atoms. The molecule has 1 aromatic heterocycles. The number of fused-ring (bicyclic) bond motifs is 1. The normalized spacial score (nSPS) is 11.8. The molecule has 3 aromatic carbocycles. The number of aromatic nitrogens is 2. The number of carbonyl (C=O) groups is 1. The Morgan fingerprint density at radius 2 is 1.91 bits per heavy atom. The molecule has 1 unspecified atom stereocenters. The van der Waals surface area contributed by atoms with E-state index in [4.69, 9.17) is 9.72 Å². The van der Waals surface area contributed by atoms with Crippen LogP contribution in [0.3, 0.4) is 0 Å². The van der Waals surface area contributed by atoms with Gasteiger partial charge in [-0.2, -0.15) is 0 Å². The summed E-state index contributed by atoms with van der Waals surface area (Å²) in [5.41, 5.74) is 2.95. The van der Waals surface area contributed by atoms with Crippen LogP contribution in [0.2, 0.25) is 0 Å². The van der Waals surface area contributed by atoms with Gasteiger partial charge in [0.15, 0.2) is 5.16 Å². The second-order valence-corrected chi connectivity index (χ2v) is 8.51. The van der Waals surface area contributed by atoms with Gasteiger partial charge in [-0.1, -0.05) is 30.0 Å². The predicted molar refractivity (Wildman–Crippen MR) is 129 cm³/mol. The maximum Gasteiger partial charge on any atom is 0.271 e. The number of thioether (sulfide) groups is 1. The van der Waals surface area contributed by atoms with E-state index in [1.807, 2.05) is 60.0 Å². The molecule has 9 heteroatoms. The van der Waals surface area contributed by atoms with E-state index in [2.05, 4.69) is 5.32 Å². The molecule has 0 aliphatic heterocycles. The molecule has 4 rings (SSSR count). The molecule has 1 N–H and O–H groups in total. The third-order valence-corrected chi connectivity index (χ3v) is 5.96. The second-order valence-electron chi connectivity index (χ2n) is 7.20. The zero-order valence-electron chi connectivity index (χ0n) is 18.1. The summed E-state index contributed by atoms with van der Waals surface area (Å²) in [5, 5.41) is 13.9. The number of anilines is 1. The molecule has 0 aliphatic carbocycles. The van der Waals surface area contributed by atoms with Gasteiger partial charge in [0.1, 0.15) is 5.75 Å². The fraction of sp³-hybridized carbons (Fsp3) is 0.167. The fourth-order valence-electron chi connectivity index (χ4n) is 3.34. The molecule has 1 atom stereocenters. The average molecular weight is 463 g/mol. The molecular weight excluding hydrogens is 440 g/mol. The number of para-hydroxylation sites is 2. The van der Waals surface area contributed by atoms with E-state index >= 15 is 0 Å². The van der Waals surface area contributed by atoms with E-state index in [0.717, 1.165) is 22.5 Å². The highest BCUT2D eigenvalue weighted by atomic mass is 32.2. The lowest BCUT2D eigenvalue weighted by atomic mass is 10.2. The molecule has 0 saturated heterocycles. The summed E-state index contributed by atoms with van der Waals surface area (Å²) in [6.45, 7) is 4.30. The number of hydrogen-bond acceptors (Lipinski definition) is 6. The van der Waals surface area contributed by atoms with Crippen LogP contribution >= 0.6 is 11.8 Å². The van der Waals surface area contributed by atoms with Crippen LogP contribution in [0.1, 0.15) is 13.8 Å². The second kappa shape index (κ2) is 9.74. The number of imidazole rings is 1. The molecule has 8 nitrogen and oxygen atoms in total. The van der Waals surface area contributed by atoms with Crippen molar-refractivity contribution in [1.82, 2.24) is 9.55 Å². The highest BCUT2D eigenvalue weighted by Crippen LogP contribution is 2.31. The SMILES string of the molecule is CCOc1ccc(-n2c(SC(C)C(=O)Nc3cccc([N+](=O)[O-])c3)nc3ccccc32)cc1. The number of nitrogens with zero attached hydrogens (tertiary/aromatic N) is 3. The Labute approximate surface area is 194 Å². The Hall–Kier alpha value is -3.85. The predicted octanol–water partition coefficient (Wildman–Crippen LogP) is 5.45. The van der Waals surface area contributed by atoms with Crippen molar-refractivity contribution in [1.29, 1.82) is 0 Å². The molecule has 0 aliphatic rings. The van der Waals surface area contributed by atoms with Crippen molar-refractivity contribution in [3.8, 4) is 11.4 Å². The minimum atomic E-state index is -0.498. The lowest BCUT2D eigenvalue weighted by molar-refractivity contribution is -0.384. The topological polar surface area (TPSA) is 99.3 Å². The zero-order chi connectivity index (χ0) is 23.4. The third kappa shape index (κ3) is 4.98. The van der Waals surface area contributed by atoms with Crippen LogP contribution in [0.15, 0.2) is 78.0 Å². The van der Waals surface area contributed by atoms with Crippen molar-refractivity contribution in [2.45, 2.75) is 24.3 Å². The minimum Gasteiger partial charge on any atom is -0.494 e. The lowest BCUT2D eigenvalue weighted by Gasteiger charge is -2.14. The van der Waals surface area contributed by atoms with E-state index in [9.17, 15) is 14.9 Å². The van der Waals surface area contributed by atoms with Gasteiger partial charge in [0.2, 0.25) is 5.91 Å². The fourth-order valence-corrected chi connectivity index (χ4v) is 4.29. The van der Waals surface area contributed by atoms with Crippen molar-refractivity contribution in [3.05, 3.63) is 82.9 Å². The summed E-state index contributed by atoms with van der Waals surface area (Å²) in [6, 6.07) is 21.4. The molecule has 4 aromatic rings. The average Bonchev–Trinajstić information content (AvgIpc) is 3.17. The molecule has 33 heavy (non-hydrogen) atoms. The number of carbonyl (C=O) groups excluding carboxylic acids is 1. The van der Waals surface area contributed by atoms with Gasteiger partial charge in [0.05, 0.1) is 27.8 Å². The molecular formula is C24H22N4O4S. The Morgan fingerprint density at radius 3 is 2.64 bits per heavy atom. The van der Waals surface area contributed by atoms with Gasteiger partial charge in [-0.15, -0.1) is 0 Å². The number of rotatable bonds is 8. The van der Waals surface area contributed by atoms with Crippen LogP contribution < -0.4 is 10.1 Å². The van der Waals surface area contributed by atoms with E-state index in [1.54, 1.807) is 13.0 Å². The van der Waals surface area contributed by atoms with Crippen molar-refractivity contribution in [2.24, 2.45) is 0 Å². The monoisotopic (exact) mass is 462 g/mol. The van der Waals surface area contributed by atoms with Crippen molar-refractivity contribution < 1.29 is 14.5 Å². The van der Waals surface area contributed by atoms with E-state index < -0.39 is 10.2 Å². The Kier molecular flexibility index (Phi) is 6.60. The van der Waals surface area contributed by atoms with Gasteiger partial charge in [0, 0.05) is 23.5 Å². The van der Waals surface area contributed by atoms with Crippen LogP contribution in [0.4, 0.5) is 11.4 Å². The Bertz CT molecular complexity index is 1300. The standard InChI is InChI=1S/C24H22N4O4S/c1-3-32-20-13-11-18(12-14-20)27-22-10-5-4-9-21(22)26-24(27)33-16(2)23(29)25-17-7-6-8-19(15-17)28(30)31/h4-16H,3H2,1-2H3,(H,25,29). The van der Waals surface area contributed by atoms with Gasteiger partial charge < -0.3 is 10.1 Å². The highest BCUT2D eigenvalue weighted by molar-refractivity contribution is 8.00.